The first kappa shape index (κ1) is 13.4. The van der Waals surface area contributed by atoms with Crippen molar-refractivity contribution in [1.82, 2.24) is 0 Å². The summed E-state index contributed by atoms with van der Waals surface area (Å²) in [6, 6.07) is 1.20. The Morgan fingerprint density at radius 1 is 1.50 bits per heavy atom. The van der Waals surface area contributed by atoms with Gasteiger partial charge in [0.1, 0.15) is 17.1 Å². The lowest BCUT2D eigenvalue weighted by Gasteiger charge is -2.06. The van der Waals surface area contributed by atoms with E-state index in [1.165, 1.54) is 0 Å². The highest BCUT2D eigenvalue weighted by Gasteiger charge is 2.21. The summed E-state index contributed by atoms with van der Waals surface area (Å²) in [4.78, 5) is 30.9. The number of carboxylic acid groups (broad SMARTS) is 1. The molecule has 0 saturated heterocycles. The fraction of sp³-hybridized carbons (Fsp3) is 0.111. The van der Waals surface area contributed by atoms with Crippen LogP contribution in [-0.2, 0) is 4.79 Å². The summed E-state index contributed by atoms with van der Waals surface area (Å²) in [6.07, 6.45) is 0. The quantitative estimate of drug-likeness (QED) is 0.513. The van der Waals surface area contributed by atoms with Crippen LogP contribution < -0.4 is 11.1 Å². The Kier molecular flexibility index (Phi) is 3.77. The maximum Gasteiger partial charge on any atom is 0.338 e. The summed E-state index contributed by atoms with van der Waals surface area (Å²) in [5.41, 5.74) is 3.02. The van der Waals surface area contributed by atoms with E-state index in [1.807, 2.05) is 0 Å². The largest absolute Gasteiger partial charge is 0.478 e. The maximum absolute atomic E-state index is 13.3. The zero-order valence-electron chi connectivity index (χ0n) is 8.84. The number of primary amides is 1. The Hall–Kier alpha value is -2.71. The normalized spacial score (nSPS) is 9.83. The molecule has 1 aromatic rings. The molecule has 0 aromatic heterocycles. The molecule has 0 fully saturated rings. The zero-order chi connectivity index (χ0) is 13.9. The van der Waals surface area contributed by atoms with E-state index in [0.717, 1.165) is 0 Å². The molecule has 0 spiro atoms. The van der Waals surface area contributed by atoms with Crippen LogP contribution in [0, 0.1) is 15.9 Å². The molecule has 1 amide bonds. The second-order valence-electron chi connectivity index (χ2n) is 3.23. The molecule has 4 N–H and O–H groups in total. The lowest BCUT2D eigenvalue weighted by molar-refractivity contribution is -0.384. The topological polar surface area (TPSA) is 136 Å². The van der Waals surface area contributed by atoms with Gasteiger partial charge in [-0.3, -0.25) is 14.9 Å². The molecular weight excluding hydrogens is 249 g/mol. The van der Waals surface area contributed by atoms with Crippen molar-refractivity contribution in [3.05, 3.63) is 33.6 Å². The van der Waals surface area contributed by atoms with Crippen LogP contribution in [0.1, 0.15) is 10.4 Å². The first-order valence-corrected chi connectivity index (χ1v) is 4.56. The van der Waals surface area contributed by atoms with Crippen LogP contribution in [0.15, 0.2) is 12.1 Å². The molecule has 1 rings (SSSR count). The number of carbonyl (C=O) groups excluding carboxylic acids is 1. The van der Waals surface area contributed by atoms with Gasteiger partial charge in [-0.25, -0.2) is 9.18 Å². The van der Waals surface area contributed by atoms with Gasteiger partial charge in [0.25, 0.3) is 5.69 Å². The number of hydrogen-bond donors (Lipinski definition) is 3. The van der Waals surface area contributed by atoms with Crippen molar-refractivity contribution in [2.24, 2.45) is 5.73 Å². The first-order valence-electron chi connectivity index (χ1n) is 4.56. The van der Waals surface area contributed by atoms with E-state index in [9.17, 15) is 24.1 Å². The average molecular weight is 257 g/mol. The number of halogens is 1. The van der Waals surface area contributed by atoms with E-state index in [1.54, 1.807) is 0 Å². The Bertz CT molecular complexity index is 531. The van der Waals surface area contributed by atoms with Gasteiger partial charge in [-0.1, -0.05) is 0 Å². The van der Waals surface area contributed by atoms with Crippen molar-refractivity contribution in [3.63, 3.8) is 0 Å². The Morgan fingerprint density at radius 3 is 2.56 bits per heavy atom. The highest BCUT2D eigenvalue weighted by atomic mass is 19.1. The molecule has 0 aliphatic rings. The number of carboxylic acids is 1. The number of aromatic carboxylic acids is 1. The van der Waals surface area contributed by atoms with Crippen molar-refractivity contribution >= 4 is 23.3 Å². The Morgan fingerprint density at radius 2 is 2.11 bits per heavy atom. The molecule has 96 valence electrons. The molecule has 1 aromatic carbocycles. The Balaban J connectivity index is 3.24. The molecule has 0 atom stereocenters. The summed E-state index contributed by atoms with van der Waals surface area (Å²) < 4.78 is 13.3. The van der Waals surface area contributed by atoms with Crippen LogP contribution in [0.25, 0.3) is 0 Å². The highest BCUT2D eigenvalue weighted by molar-refractivity contribution is 5.90. The molecule has 9 heteroatoms. The molecule has 0 heterocycles. The van der Waals surface area contributed by atoms with Crippen LogP contribution in [0.5, 0.6) is 0 Å². The third-order valence-electron chi connectivity index (χ3n) is 1.97. The molecular formula is C9H8FN3O5. The number of anilines is 1. The molecule has 8 nitrogen and oxygen atoms in total. The molecule has 0 unspecified atom stereocenters. The van der Waals surface area contributed by atoms with Gasteiger partial charge >= 0.3 is 5.97 Å². The summed E-state index contributed by atoms with van der Waals surface area (Å²) in [7, 11) is 0. The van der Waals surface area contributed by atoms with Crippen LogP contribution in [0.3, 0.4) is 0 Å². The zero-order valence-corrected chi connectivity index (χ0v) is 8.84. The van der Waals surface area contributed by atoms with Gasteiger partial charge in [0.2, 0.25) is 5.91 Å². The van der Waals surface area contributed by atoms with Crippen LogP contribution in [0.4, 0.5) is 15.8 Å². The van der Waals surface area contributed by atoms with Crippen molar-refractivity contribution in [2.45, 2.75) is 0 Å². The fourth-order valence-electron chi connectivity index (χ4n) is 1.20. The minimum atomic E-state index is -1.63. The lowest BCUT2D eigenvalue weighted by atomic mass is 10.1. The van der Waals surface area contributed by atoms with Crippen molar-refractivity contribution in [2.75, 3.05) is 11.9 Å². The van der Waals surface area contributed by atoms with Gasteiger partial charge in [0.05, 0.1) is 11.5 Å². The monoisotopic (exact) mass is 257 g/mol. The number of nitro groups is 1. The maximum atomic E-state index is 13.3. The molecule has 0 bridgehead atoms. The number of carbonyl (C=O) groups is 2. The van der Waals surface area contributed by atoms with Crippen molar-refractivity contribution in [3.8, 4) is 0 Å². The number of amides is 1. The minimum absolute atomic E-state index is 0.318. The molecule has 0 saturated carbocycles. The average Bonchev–Trinajstić information content (AvgIpc) is 2.25. The van der Waals surface area contributed by atoms with E-state index >= 15 is 0 Å². The highest BCUT2D eigenvalue weighted by Crippen LogP contribution is 2.27. The number of nitrogens with two attached hydrogens (primary N) is 1. The number of nitro benzene ring substituents is 1. The van der Waals surface area contributed by atoms with Crippen LogP contribution >= 0.6 is 0 Å². The van der Waals surface area contributed by atoms with Gasteiger partial charge in [0.15, 0.2) is 0 Å². The second kappa shape index (κ2) is 5.08. The molecule has 0 aliphatic heterocycles. The van der Waals surface area contributed by atoms with Gasteiger partial charge in [-0.05, 0) is 0 Å². The smallest absolute Gasteiger partial charge is 0.338 e. The summed E-state index contributed by atoms with van der Waals surface area (Å²) in [6.45, 7) is -0.438. The minimum Gasteiger partial charge on any atom is -0.478 e. The molecule has 0 radical (unpaired) electrons. The molecule has 0 aliphatic carbocycles. The molecule has 18 heavy (non-hydrogen) atoms. The van der Waals surface area contributed by atoms with E-state index in [0.29, 0.717) is 12.1 Å². The lowest BCUT2D eigenvalue weighted by Crippen LogP contribution is -2.22. The Labute approximate surface area is 99.4 Å². The van der Waals surface area contributed by atoms with E-state index in [2.05, 4.69) is 5.32 Å². The fourth-order valence-corrected chi connectivity index (χ4v) is 1.20. The predicted molar refractivity (Wildman–Crippen MR) is 57.7 cm³/mol. The number of nitrogens with one attached hydrogen (secondary N) is 1. The summed E-state index contributed by atoms with van der Waals surface area (Å²) in [5.74, 6) is -3.58. The number of nitrogens with zero attached hydrogens (tertiary/aromatic N) is 1. The predicted octanol–water partition coefficient (Wildman–Crippen LogP) is 0.329. The summed E-state index contributed by atoms with van der Waals surface area (Å²) in [5, 5.41) is 21.6. The third kappa shape index (κ3) is 2.90. The SMILES string of the molecule is NC(=O)CNc1cc(F)c(C(=O)O)cc1[N+](=O)[O-]. The van der Waals surface area contributed by atoms with Crippen molar-refractivity contribution < 1.29 is 24.0 Å². The van der Waals surface area contributed by atoms with E-state index < -0.39 is 40.4 Å². The standard InChI is InChI=1S/C9H8FN3O5/c10-5-2-6(12-3-8(11)14)7(13(17)18)1-4(5)9(15)16/h1-2,12H,3H2,(H2,11,14)(H,15,16). The van der Waals surface area contributed by atoms with Crippen LogP contribution in [-0.4, -0.2) is 28.5 Å². The van der Waals surface area contributed by atoms with E-state index in [-0.39, 0.29) is 5.69 Å². The summed E-state index contributed by atoms with van der Waals surface area (Å²) >= 11 is 0. The number of benzene rings is 1. The first-order chi connectivity index (χ1) is 8.32. The van der Waals surface area contributed by atoms with Gasteiger partial charge in [0, 0.05) is 12.1 Å². The van der Waals surface area contributed by atoms with Gasteiger partial charge in [-0.15, -0.1) is 0 Å². The van der Waals surface area contributed by atoms with Gasteiger partial charge in [-0.2, -0.15) is 0 Å². The van der Waals surface area contributed by atoms with Gasteiger partial charge < -0.3 is 16.2 Å². The van der Waals surface area contributed by atoms with Crippen molar-refractivity contribution in [1.29, 1.82) is 0 Å². The van der Waals surface area contributed by atoms with E-state index in [4.69, 9.17) is 10.8 Å². The number of hydrogen-bond acceptors (Lipinski definition) is 5. The number of rotatable bonds is 5. The van der Waals surface area contributed by atoms with Crippen LogP contribution in [0.2, 0.25) is 0 Å². The second-order valence-corrected chi connectivity index (χ2v) is 3.23. The third-order valence-corrected chi connectivity index (χ3v) is 1.97.